The molecule has 3 amide bonds. The highest BCUT2D eigenvalue weighted by atomic mass is 16.6. The molecule has 0 bridgehead atoms. The summed E-state index contributed by atoms with van der Waals surface area (Å²) in [5.74, 6) is 0.117. The lowest BCUT2D eigenvalue weighted by atomic mass is 9.93. The number of rotatable bonds is 14. The van der Waals surface area contributed by atoms with Crippen LogP contribution in [-0.2, 0) is 14.3 Å². The van der Waals surface area contributed by atoms with Crippen LogP contribution in [0.15, 0.2) is 18.2 Å². The van der Waals surface area contributed by atoms with Crippen LogP contribution in [0.5, 0.6) is 0 Å². The highest BCUT2D eigenvalue weighted by Crippen LogP contribution is 2.30. The van der Waals surface area contributed by atoms with Gasteiger partial charge in [0.1, 0.15) is 17.7 Å². The Labute approximate surface area is 244 Å². The Kier molecular flexibility index (Phi) is 14.2. The van der Waals surface area contributed by atoms with Crippen molar-refractivity contribution in [1.29, 1.82) is 0 Å². The third-order valence-electron chi connectivity index (χ3n) is 7.07. The molecule has 2 N–H and O–H groups in total. The minimum absolute atomic E-state index is 0.0270. The Morgan fingerprint density at radius 3 is 2.00 bits per heavy atom. The van der Waals surface area contributed by atoms with Crippen LogP contribution >= 0.6 is 0 Å². The summed E-state index contributed by atoms with van der Waals surface area (Å²) in [6.45, 7) is 23.9. The van der Waals surface area contributed by atoms with E-state index in [1.807, 2.05) is 59.7 Å². The zero-order chi connectivity index (χ0) is 30.8. The highest BCUT2D eigenvalue weighted by Gasteiger charge is 2.39. The standard InChI is InChI=1S/C33H57N3O4/c1-13-14-25(8)34-30(37)29(27-18-16-23(6)24(7)20-27)36(26(9)17-15-21(2)3)31(38)28(19-22(4)5)35-32(39)40-33(10,11)12/h16,18,20-22,25-26,28-29H,13-15,17,19H2,1-12H3,(H,34,37)(H,35,39). The molecule has 4 atom stereocenters. The minimum Gasteiger partial charge on any atom is -0.444 e. The van der Waals surface area contributed by atoms with E-state index in [2.05, 4.69) is 31.4 Å². The summed E-state index contributed by atoms with van der Waals surface area (Å²) in [6, 6.07) is 4.05. The highest BCUT2D eigenvalue weighted by molar-refractivity contribution is 5.92. The maximum Gasteiger partial charge on any atom is 0.408 e. The summed E-state index contributed by atoms with van der Waals surface area (Å²) in [6.07, 6.45) is 3.23. The van der Waals surface area contributed by atoms with Crippen molar-refractivity contribution in [3.63, 3.8) is 0 Å². The number of nitrogens with zero attached hydrogens (tertiary/aromatic N) is 1. The molecule has 1 rings (SSSR count). The molecule has 4 unspecified atom stereocenters. The van der Waals surface area contributed by atoms with Gasteiger partial charge in [-0.3, -0.25) is 9.59 Å². The average Bonchev–Trinajstić information content (AvgIpc) is 2.80. The zero-order valence-corrected chi connectivity index (χ0v) is 27.3. The molecule has 0 aliphatic heterocycles. The van der Waals surface area contributed by atoms with Crippen molar-refractivity contribution in [2.24, 2.45) is 11.8 Å². The molecule has 0 radical (unpaired) electrons. The fraction of sp³-hybridized carbons (Fsp3) is 0.727. The number of carbonyl (C=O) groups is 3. The molecule has 0 saturated carbocycles. The first-order valence-electron chi connectivity index (χ1n) is 15.2. The van der Waals surface area contributed by atoms with Crippen molar-refractivity contribution < 1.29 is 19.1 Å². The van der Waals surface area contributed by atoms with Crippen molar-refractivity contribution in [3.8, 4) is 0 Å². The fourth-order valence-electron chi connectivity index (χ4n) is 4.84. The summed E-state index contributed by atoms with van der Waals surface area (Å²) in [4.78, 5) is 43.2. The number of alkyl carbamates (subject to hydrolysis) is 1. The number of hydrogen-bond donors (Lipinski definition) is 2. The topological polar surface area (TPSA) is 87.7 Å². The molecule has 0 spiro atoms. The SMILES string of the molecule is CCCC(C)NC(=O)C(c1ccc(C)c(C)c1)N(C(=O)C(CC(C)C)NC(=O)OC(C)(C)C)C(C)CCC(C)C. The minimum atomic E-state index is -0.830. The van der Waals surface area contributed by atoms with Crippen LogP contribution in [0, 0.1) is 25.7 Å². The molecule has 7 nitrogen and oxygen atoms in total. The second kappa shape index (κ2) is 16.0. The van der Waals surface area contributed by atoms with Crippen LogP contribution in [0.2, 0.25) is 0 Å². The van der Waals surface area contributed by atoms with E-state index in [-0.39, 0.29) is 29.8 Å². The van der Waals surface area contributed by atoms with E-state index in [9.17, 15) is 14.4 Å². The number of nitrogens with one attached hydrogen (secondary N) is 2. The molecule has 7 heteroatoms. The van der Waals surface area contributed by atoms with E-state index in [0.29, 0.717) is 12.3 Å². The normalized spacial score (nSPS) is 14.8. The Balaban J connectivity index is 3.69. The molecule has 0 aromatic heterocycles. The van der Waals surface area contributed by atoms with Gasteiger partial charge in [0.05, 0.1) is 0 Å². The summed E-state index contributed by atoms with van der Waals surface area (Å²) in [5, 5.41) is 6.02. The molecule has 1 aromatic rings. The Morgan fingerprint density at radius 2 is 1.50 bits per heavy atom. The first-order valence-corrected chi connectivity index (χ1v) is 15.2. The van der Waals surface area contributed by atoms with E-state index < -0.39 is 23.8 Å². The number of hydrogen-bond acceptors (Lipinski definition) is 4. The Hall–Kier alpha value is -2.57. The van der Waals surface area contributed by atoms with E-state index in [0.717, 1.165) is 42.4 Å². The van der Waals surface area contributed by atoms with E-state index >= 15 is 0 Å². The molecule has 0 aliphatic carbocycles. The third kappa shape index (κ3) is 11.9. The van der Waals surface area contributed by atoms with Gasteiger partial charge >= 0.3 is 6.09 Å². The molecule has 0 saturated heterocycles. The van der Waals surface area contributed by atoms with Crippen LogP contribution < -0.4 is 10.6 Å². The van der Waals surface area contributed by atoms with Gasteiger partial charge in [0.15, 0.2) is 0 Å². The first kappa shape index (κ1) is 35.5. The van der Waals surface area contributed by atoms with Gasteiger partial charge in [-0.15, -0.1) is 0 Å². The molecule has 0 aliphatic rings. The largest absolute Gasteiger partial charge is 0.444 e. The Bertz CT molecular complexity index is 967. The lowest BCUT2D eigenvalue weighted by molar-refractivity contribution is -0.145. The van der Waals surface area contributed by atoms with Crippen LogP contribution in [0.25, 0.3) is 0 Å². The summed E-state index contributed by atoms with van der Waals surface area (Å²) < 4.78 is 5.52. The van der Waals surface area contributed by atoms with E-state index in [1.165, 1.54) is 0 Å². The fourth-order valence-corrected chi connectivity index (χ4v) is 4.84. The van der Waals surface area contributed by atoms with Crippen LogP contribution in [0.3, 0.4) is 0 Å². The van der Waals surface area contributed by atoms with Crippen molar-refractivity contribution >= 4 is 17.9 Å². The quantitative estimate of drug-likeness (QED) is 0.251. The van der Waals surface area contributed by atoms with Crippen LogP contribution in [0.1, 0.15) is 124 Å². The molecular formula is C33H57N3O4. The predicted octanol–water partition coefficient (Wildman–Crippen LogP) is 7.24. The second-order valence-corrected chi connectivity index (χ2v) is 13.3. The second-order valence-electron chi connectivity index (χ2n) is 13.3. The van der Waals surface area contributed by atoms with E-state index in [4.69, 9.17) is 4.74 Å². The number of aryl methyl sites for hydroxylation is 2. The maximum atomic E-state index is 14.5. The van der Waals surface area contributed by atoms with Gasteiger partial charge in [0.25, 0.3) is 0 Å². The third-order valence-corrected chi connectivity index (χ3v) is 7.07. The molecule has 228 valence electrons. The predicted molar refractivity (Wildman–Crippen MR) is 164 cm³/mol. The van der Waals surface area contributed by atoms with Gasteiger partial charge in [-0.25, -0.2) is 4.79 Å². The number of ether oxygens (including phenoxy) is 1. The van der Waals surface area contributed by atoms with Gasteiger partial charge in [-0.1, -0.05) is 59.2 Å². The van der Waals surface area contributed by atoms with Crippen molar-refractivity contribution in [3.05, 3.63) is 34.9 Å². The molecular weight excluding hydrogens is 502 g/mol. The molecule has 0 fully saturated rings. The van der Waals surface area contributed by atoms with Gasteiger partial charge in [0.2, 0.25) is 11.8 Å². The van der Waals surface area contributed by atoms with Gasteiger partial charge in [0, 0.05) is 12.1 Å². The van der Waals surface area contributed by atoms with Crippen molar-refractivity contribution in [1.82, 2.24) is 15.5 Å². The first-order chi connectivity index (χ1) is 18.5. The summed E-state index contributed by atoms with van der Waals surface area (Å²) >= 11 is 0. The number of carbonyl (C=O) groups excluding carboxylic acids is 3. The maximum absolute atomic E-state index is 14.5. The van der Waals surface area contributed by atoms with Crippen LogP contribution in [-0.4, -0.2) is 46.5 Å². The van der Waals surface area contributed by atoms with Crippen LogP contribution in [0.4, 0.5) is 4.79 Å². The van der Waals surface area contributed by atoms with E-state index in [1.54, 1.807) is 25.7 Å². The molecule has 40 heavy (non-hydrogen) atoms. The Morgan fingerprint density at radius 1 is 0.875 bits per heavy atom. The van der Waals surface area contributed by atoms with Gasteiger partial charge < -0.3 is 20.3 Å². The number of benzene rings is 1. The average molecular weight is 560 g/mol. The van der Waals surface area contributed by atoms with Crippen molar-refractivity contribution in [2.75, 3.05) is 0 Å². The molecule has 1 aromatic carbocycles. The molecule has 0 heterocycles. The van der Waals surface area contributed by atoms with Crippen molar-refractivity contribution in [2.45, 2.75) is 145 Å². The van der Waals surface area contributed by atoms with Gasteiger partial charge in [-0.2, -0.15) is 0 Å². The lowest BCUT2D eigenvalue weighted by Crippen LogP contribution is -2.56. The van der Waals surface area contributed by atoms with Gasteiger partial charge in [-0.05, 0) is 103 Å². The monoisotopic (exact) mass is 559 g/mol. The lowest BCUT2D eigenvalue weighted by Gasteiger charge is -2.39. The zero-order valence-electron chi connectivity index (χ0n) is 27.3. The summed E-state index contributed by atoms with van der Waals surface area (Å²) in [5.41, 5.74) is 2.26. The smallest absolute Gasteiger partial charge is 0.408 e. The summed E-state index contributed by atoms with van der Waals surface area (Å²) in [7, 11) is 0. The number of amides is 3.